The number of thiazole rings is 1. The predicted molar refractivity (Wildman–Crippen MR) is 59.6 cm³/mol. The molecule has 0 bridgehead atoms. The Bertz CT molecular complexity index is 492. The molecule has 5 heteroatoms. The summed E-state index contributed by atoms with van der Waals surface area (Å²) >= 11 is 1.54. The lowest BCUT2D eigenvalue weighted by molar-refractivity contribution is 0.900. The molecule has 0 saturated heterocycles. The van der Waals surface area contributed by atoms with Crippen molar-refractivity contribution in [1.29, 1.82) is 0 Å². The van der Waals surface area contributed by atoms with Crippen molar-refractivity contribution < 1.29 is 0 Å². The maximum Gasteiger partial charge on any atom is 0.190 e. The van der Waals surface area contributed by atoms with Gasteiger partial charge in [-0.15, -0.1) is 11.3 Å². The first-order valence-corrected chi connectivity index (χ1v) is 5.77. The van der Waals surface area contributed by atoms with Crippen molar-refractivity contribution in [3.8, 4) is 10.8 Å². The highest BCUT2D eigenvalue weighted by Crippen LogP contribution is 2.27. The Hall–Kier alpha value is -1.49. The van der Waals surface area contributed by atoms with E-state index < -0.39 is 0 Å². The summed E-state index contributed by atoms with van der Waals surface area (Å²) in [5, 5.41) is 2.76. The van der Waals surface area contributed by atoms with E-state index in [1.165, 1.54) is 11.3 Å². The Morgan fingerprint density at radius 3 is 3.00 bits per heavy atom. The fraction of sp³-hybridized carbons (Fsp3) is 0.300. The van der Waals surface area contributed by atoms with Gasteiger partial charge in [0.15, 0.2) is 10.8 Å². The van der Waals surface area contributed by atoms with Gasteiger partial charge >= 0.3 is 0 Å². The average molecular weight is 218 g/mol. The zero-order valence-electron chi connectivity index (χ0n) is 8.10. The molecule has 2 aromatic heterocycles. The van der Waals surface area contributed by atoms with E-state index in [1.807, 2.05) is 5.38 Å². The number of rotatable bonds is 1. The van der Waals surface area contributed by atoms with Crippen LogP contribution < -0.4 is 5.73 Å². The molecule has 2 N–H and O–H groups in total. The van der Waals surface area contributed by atoms with Gasteiger partial charge in [-0.1, -0.05) is 0 Å². The summed E-state index contributed by atoms with van der Waals surface area (Å²) in [7, 11) is 0. The molecule has 0 aliphatic heterocycles. The number of aryl methyl sites for hydroxylation is 1. The van der Waals surface area contributed by atoms with Crippen LogP contribution in [-0.2, 0) is 12.8 Å². The summed E-state index contributed by atoms with van der Waals surface area (Å²) in [4.78, 5) is 13.0. The van der Waals surface area contributed by atoms with Crippen LogP contribution in [0.25, 0.3) is 10.8 Å². The standard InChI is InChI=1S/C10H10N4S/c11-8-6-2-1-3-7(6)13-9(14-8)10-12-4-5-15-10/h4-5H,1-3H2,(H2,11,13,14). The second-order valence-corrected chi connectivity index (χ2v) is 4.44. The summed E-state index contributed by atoms with van der Waals surface area (Å²) in [5.74, 6) is 1.30. The van der Waals surface area contributed by atoms with Gasteiger partial charge in [-0.05, 0) is 19.3 Å². The molecule has 0 radical (unpaired) electrons. The summed E-state index contributed by atoms with van der Waals surface area (Å²) in [6.07, 6.45) is 4.92. The number of hydrogen-bond donors (Lipinski definition) is 1. The topological polar surface area (TPSA) is 64.7 Å². The van der Waals surface area contributed by atoms with Crippen LogP contribution in [0.3, 0.4) is 0 Å². The minimum absolute atomic E-state index is 0.628. The highest BCUT2D eigenvalue weighted by molar-refractivity contribution is 7.13. The van der Waals surface area contributed by atoms with E-state index in [-0.39, 0.29) is 0 Å². The van der Waals surface area contributed by atoms with Crippen LogP contribution in [0.15, 0.2) is 11.6 Å². The van der Waals surface area contributed by atoms with E-state index in [0.29, 0.717) is 11.6 Å². The summed E-state index contributed by atoms with van der Waals surface area (Å²) < 4.78 is 0. The van der Waals surface area contributed by atoms with E-state index in [2.05, 4.69) is 15.0 Å². The van der Waals surface area contributed by atoms with Gasteiger partial charge in [0.1, 0.15) is 5.82 Å². The van der Waals surface area contributed by atoms with E-state index in [0.717, 1.165) is 35.5 Å². The van der Waals surface area contributed by atoms with Crippen LogP contribution >= 0.6 is 11.3 Å². The molecule has 0 spiro atoms. The zero-order chi connectivity index (χ0) is 10.3. The normalized spacial score (nSPS) is 14.1. The highest BCUT2D eigenvalue weighted by Gasteiger charge is 2.18. The molecule has 0 atom stereocenters. The number of fused-ring (bicyclic) bond motifs is 1. The van der Waals surface area contributed by atoms with Crippen molar-refractivity contribution in [3.63, 3.8) is 0 Å². The number of hydrogen-bond acceptors (Lipinski definition) is 5. The maximum atomic E-state index is 5.90. The lowest BCUT2D eigenvalue weighted by atomic mass is 10.2. The van der Waals surface area contributed by atoms with Gasteiger partial charge in [0, 0.05) is 22.8 Å². The molecule has 2 heterocycles. The number of nitrogen functional groups attached to an aromatic ring is 1. The predicted octanol–water partition coefficient (Wildman–Crippen LogP) is 1.67. The molecule has 0 saturated carbocycles. The van der Waals surface area contributed by atoms with Crippen molar-refractivity contribution in [1.82, 2.24) is 15.0 Å². The SMILES string of the molecule is Nc1nc(-c2nccs2)nc2c1CCC2. The second kappa shape index (κ2) is 3.27. The maximum absolute atomic E-state index is 5.90. The average Bonchev–Trinajstić information content (AvgIpc) is 2.88. The Morgan fingerprint density at radius 1 is 1.27 bits per heavy atom. The van der Waals surface area contributed by atoms with Gasteiger partial charge in [0.05, 0.1) is 0 Å². The third kappa shape index (κ3) is 1.39. The van der Waals surface area contributed by atoms with Crippen molar-refractivity contribution in [3.05, 3.63) is 22.8 Å². The Balaban J connectivity index is 2.15. The van der Waals surface area contributed by atoms with Crippen molar-refractivity contribution in [2.75, 3.05) is 5.73 Å². The fourth-order valence-electron chi connectivity index (χ4n) is 1.89. The molecule has 2 aromatic rings. The molecule has 0 fully saturated rings. The van der Waals surface area contributed by atoms with E-state index in [1.54, 1.807) is 6.20 Å². The molecular weight excluding hydrogens is 208 g/mol. The number of nitrogens with two attached hydrogens (primary N) is 1. The molecular formula is C10H10N4S. The van der Waals surface area contributed by atoms with E-state index in [9.17, 15) is 0 Å². The third-order valence-electron chi connectivity index (χ3n) is 2.59. The van der Waals surface area contributed by atoms with E-state index >= 15 is 0 Å². The van der Waals surface area contributed by atoms with Crippen LogP contribution in [0.2, 0.25) is 0 Å². The Labute approximate surface area is 91.2 Å². The first-order valence-electron chi connectivity index (χ1n) is 4.90. The summed E-state index contributed by atoms with van der Waals surface area (Å²) in [6.45, 7) is 0. The first kappa shape index (κ1) is 8.79. The van der Waals surface area contributed by atoms with Crippen LogP contribution in [0, 0.1) is 0 Å². The Morgan fingerprint density at radius 2 is 2.20 bits per heavy atom. The van der Waals surface area contributed by atoms with Gasteiger partial charge < -0.3 is 5.73 Å². The van der Waals surface area contributed by atoms with Gasteiger partial charge in [-0.3, -0.25) is 0 Å². The summed E-state index contributed by atoms with van der Waals surface area (Å²) in [5.41, 5.74) is 8.14. The summed E-state index contributed by atoms with van der Waals surface area (Å²) in [6, 6.07) is 0. The lowest BCUT2D eigenvalue weighted by Crippen LogP contribution is -2.02. The molecule has 15 heavy (non-hydrogen) atoms. The van der Waals surface area contributed by atoms with Crippen molar-refractivity contribution in [2.24, 2.45) is 0 Å². The van der Waals surface area contributed by atoms with Crippen LogP contribution in [-0.4, -0.2) is 15.0 Å². The first-order chi connectivity index (χ1) is 7.34. The van der Waals surface area contributed by atoms with Crippen LogP contribution in [0.5, 0.6) is 0 Å². The lowest BCUT2D eigenvalue weighted by Gasteiger charge is -2.03. The smallest absolute Gasteiger partial charge is 0.190 e. The molecule has 0 aromatic carbocycles. The number of nitrogens with zero attached hydrogens (tertiary/aromatic N) is 3. The van der Waals surface area contributed by atoms with Gasteiger partial charge in [-0.2, -0.15) is 0 Å². The quantitative estimate of drug-likeness (QED) is 0.790. The number of anilines is 1. The molecule has 1 aliphatic carbocycles. The molecule has 76 valence electrons. The molecule has 3 rings (SSSR count). The van der Waals surface area contributed by atoms with Crippen molar-refractivity contribution >= 4 is 17.2 Å². The van der Waals surface area contributed by atoms with Gasteiger partial charge in [0.25, 0.3) is 0 Å². The number of aromatic nitrogens is 3. The molecule has 1 aliphatic rings. The second-order valence-electron chi connectivity index (χ2n) is 3.55. The van der Waals surface area contributed by atoms with Gasteiger partial charge in [-0.25, -0.2) is 15.0 Å². The minimum Gasteiger partial charge on any atom is -0.383 e. The minimum atomic E-state index is 0.628. The van der Waals surface area contributed by atoms with Crippen LogP contribution in [0.1, 0.15) is 17.7 Å². The third-order valence-corrected chi connectivity index (χ3v) is 3.36. The van der Waals surface area contributed by atoms with E-state index in [4.69, 9.17) is 5.73 Å². The van der Waals surface area contributed by atoms with Gasteiger partial charge in [0.2, 0.25) is 0 Å². The Kier molecular flexibility index (Phi) is 1.92. The molecule has 0 unspecified atom stereocenters. The highest BCUT2D eigenvalue weighted by atomic mass is 32.1. The zero-order valence-corrected chi connectivity index (χ0v) is 8.92. The molecule has 4 nitrogen and oxygen atoms in total. The van der Waals surface area contributed by atoms with Crippen LogP contribution in [0.4, 0.5) is 5.82 Å². The molecule has 0 amide bonds. The monoisotopic (exact) mass is 218 g/mol. The largest absolute Gasteiger partial charge is 0.383 e. The fourth-order valence-corrected chi connectivity index (χ4v) is 2.46. The van der Waals surface area contributed by atoms with Crippen molar-refractivity contribution in [2.45, 2.75) is 19.3 Å².